The molecule has 0 bridgehead atoms. The Bertz CT molecular complexity index is 748. The second kappa shape index (κ2) is 10.2. The fourth-order valence-electron chi connectivity index (χ4n) is 4.80. The highest BCUT2D eigenvalue weighted by Crippen LogP contribution is 2.40. The Hall–Kier alpha value is -1.64. The molecule has 3 rings (SSSR count). The Morgan fingerprint density at radius 3 is 2.43 bits per heavy atom. The van der Waals surface area contributed by atoms with Crippen molar-refractivity contribution in [3.63, 3.8) is 0 Å². The summed E-state index contributed by atoms with van der Waals surface area (Å²) in [5.74, 6) is 1.86. The van der Waals surface area contributed by atoms with E-state index in [0.717, 1.165) is 47.9 Å². The van der Waals surface area contributed by atoms with Gasteiger partial charge >= 0.3 is 6.61 Å². The number of hydrogen-bond donors (Lipinski definition) is 0. The fourth-order valence-corrected chi connectivity index (χ4v) is 4.80. The van der Waals surface area contributed by atoms with Gasteiger partial charge in [0.15, 0.2) is 0 Å². The van der Waals surface area contributed by atoms with Crippen LogP contribution in [0.15, 0.2) is 30.3 Å². The van der Waals surface area contributed by atoms with Crippen molar-refractivity contribution < 1.29 is 13.5 Å². The van der Waals surface area contributed by atoms with Crippen LogP contribution in [0.3, 0.4) is 0 Å². The second-order valence-corrected chi connectivity index (χ2v) is 8.38. The molecule has 0 unspecified atom stereocenters. The molecule has 0 N–H and O–H groups in total. The first-order valence-corrected chi connectivity index (χ1v) is 11.1. The number of ether oxygens (including phenoxy) is 1. The van der Waals surface area contributed by atoms with Crippen molar-refractivity contribution in [3.05, 3.63) is 41.5 Å². The highest BCUT2D eigenvalue weighted by molar-refractivity contribution is 5.90. The van der Waals surface area contributed by atoms with Gasteiger partial charge in [-0.15, -0.1) is 0 Å². The number of unbranched alkanes of at least 4 members (excludes halogenated alkanes) is 2. The number of alkyl halides is 2. The lowest BCUT2D eigenvalue weighted by molar-refractivity contribution is -0.0493. The number of hydrogen-bond acceptors (Lipinski definition) is 1. The Balaban J connectivity index is 1.83. The summed E-state index contributed by atoms with van der Waals surface area (Å²) in [5.41, 5.74) is 2.25. The van der Waals surface area contributed by atoms with Crippen molar-refractivity contribution in [1.82, 2.24) is 0 Å². The maximum atomic E-state index is 13.1. The molecule has 0 aliphatic heterocycles. The SMILES string of the molecule is CCCCCc1ccc2cc(C3CCC(CCC)CC3)ccc2c1OC(F)F. The van der Waals surface area contributed by atoms with Crippen molar-refractivity contribution in [3.8, 4) is 5.75 Å². The Labute approximate surface area is 168 Å². The van der Waals surface area contributed by atoms with Gasteiger partial charge in [-0.1, -0.05) is 69.9 Å². The zero-order valence-electron chi connectivity index (χ0n) is 17.4. The van der Waals surface area contributed by atoms with Gasteiger partial charge in [0, 0.05) is 5.39 Å². The first-order chi connectivity index (χ1) is 13.6. The number of halogens is 2. The summed E-state index contributed by atoms with van der Waals surface area (Å²) in [7, 11) is 0. The first kappa shape index (κ1) is 21.1. The van der Waals surface area contributed by atoms with Crippen LogP contribution in [-0.2, 0) is 6.42 Å². The Morgan fingerprint density at radius 1 is 0.964 bits per heavy atom. The van der Waals surface area contributed by atoms with E-state index in [-0.39, 0.29) is 0 Å². The number of rotatable bonds is 9. The first-order valence-electron chi connectivity index (χ1n) is 11.1. The minimum Gasteiger partial charge on any atom is -0.434 e. The van der Waals surface area contributed by atoms with Crippen molar-refractivity contribution in [2.45, 2.75) is 90.6 Å². The highest BCUT2D eigenvalue weighted by Gasteiger charge is 2.22. The summed E-state index contributed by atoms with van der Waals surface area (Å²) < 4.78 is 31.1. The molecule has 1 saturated carbocycles. The van der Waals surface area contributed by atoms with Gasteiger partial charge < -0.3 is 4.74 Å². The van der Waals surface area contributed by atoms with Gasteiger partial charge in [0.2, 0.25) is 0 Å². The Morgan fingerprint density at radius 2 is 1.75 bits per heavy atom. The molecule has 28 heavy (non-hydrogen) atoms. The largest absolute Gasteiger partial charge is 0.434 e. The van der Waals surface area contributed by atoms with Crippen LogP contribution >= 0.6 is 0 Å². The van der Waals surface area contributed by atoms with Crippen LogP contribution in [0.5, 0.6) is 5.75 Å². The van der Waals surface area contributed by atoms with Gasteiger partial charge in [0.1, 0.15) is 5.75 Å². The van der Waals surface area contributed by atoms with Gasteiger partial charge in [-0.3, -0.25) is 0 Å². The summed E-state index contributed by atoms with van der Waals surface area (Å²) in [5, 5.41) is 1.83. The fraction of sp³-hybridized carbons (Fsp3) is 0.600. The van der Waals surface area contributed by atoms with Crippen LogP contribution < -0.4 is 4.74 Å². The van der Waals surface area contributed by atoms with E-state index in [0.29, 0.717) is 11.7 Å². The topological polar surface area (TPSA) is 9.23 Å². The van der Waals surface area contributed by atoms with E-state index in [1.165, 1.54) is 44.1 Å². The van der Waals surface area contributed by atoms with Crippen LogP contribution in [0.2, 0.25) is 0 Å². The van der Waals surface area contributed by atoms with E-state index in [2.05, 4.69) is 32.0 Å². The molecule has 2 aromatic rings. The zero-order valence-corrected chi connectivity index (χ0v) is 17.4. The number of fused-ring (bicyclic) bond motifs is 1. The van der Waals surface area contributed by atoms with Crippen molar-refractivity contribution in [1.29, 1.82) is 0 Å². The second-order valence-electron chi connectivity index (χ2n) is 8.38. The van der Waals surface area contributed by atoms with E-state index >= 15 is 0 Å². The summed E-state index contributed by atoms with van der Waals surface area (Å²) in [6, 6.07) is 10.4. The van der Waals surface area contributed by atoms with Crippen molar-refractivity contribution in [2.75, 3.05) is 0 Å². The molecule has 0 heterocycles. The van der Waals surface area contributed by atoms with E-state index in [1.54, 1.807) is 0 Å². The van der Waals surface area contributed by atoms with E-state index in [1.807, 2.05) is 12.1 Å². The molecule has 1 aliphatic carbocycles. The summed E-state index contributed by atoms with van der Waals surface area (Å²) in [4.78, 5) is 0. The molecular formula is C25H34F2O. The minimum atomic E-state index is -2.79. The predicted molar refractivity (Wildman–Crippen MR) is 113 cm³/mol. The van der Waals surface area contributed by atoms with Gasteiger partial charge in [0.25, 0.3) is 0 Å². The smallest absolute Gasteiger partial charge is 0.387 e. The zero-order chi connectivity index (χ0) is 19.9. The standard InChI is InChI=1S/C25H34F2O/c1-3-5-6-8-20-13-14-22-17-21(15-16-23(22)24(20)28-25(26)27)19-11-9-18(7-4-2)10-12-19/h13-19,25H,3-12H2,1-2H3. The van der Waals surface area contributed by atoms with Crippen LogP contribution in [-0.4, -0.2) is 6.61 Å². The molecular weight excluding hydrogens is 354 g/mol. The molecule has 0 aromatic heterocycles. The molecule has 1 nitrogen and oxygen atoms in total. The molecule has 0 atom stereocenters. The third-order valence-corrected chi connectivity index (χ3v) is 6.35. The molecule has 0 saturated heterocycles. The average Bonchev–Trinajstić information content (AvgIpc) is 2.70. The van der Waals surface area contributed by atoms with E-state index in [4.69, 9.17) is 4.74 Å². The predicted octanol–water partition coefficient (Wildman–Crippen LogP) is 8.25. The van der Waals surface area contributed by atoms with Crippen LogP contribution in [0.25, 0.3) is 10.8 Å². The summed E-state index contributed by atoms with van der Waals surface area (Å²) in [6.07, 6.45) is 11.7. The third kappa shape index (κ3) is 5.24. The monoisotopic (exact) mass is 388 g/mol. The lowest BCUT2D eigenvalue weighted by Gasteiger charge is -2.29. The molecule has 0 amide bonds. The third-order valence-electron chi connectivity index (χ3n) is 6.35. The Kier molecular flexibility index (Phi) is 7.70. The quantitative estimate of drug-likeness (QED) is 0.393. The average molecular weight is 389 g/mol. The van der Waals surface area contributed by atoms with Gasteiger partial charge in [-0.25, -0.2) is 0 Å². The highest BCUT2D eigenvalue weighted by atomic mass is 19.3. The van der Waals surface area contributed by atoms with Crippen molar-refractivity contribution in [2.24, 2.45) is 5.92 Å². The molecule has 0 radical (unpaired) electrons. The summed E-state index contributed by atoms with van der Waals surface area (Å²) in [6.45, 7) is 1.63. The molecule has 0 spiro atoms. The minimum absolute atomic E-state index is 0.377. The van der Waals surface area contributed by atoms with E-state index < -0.39 is 6.61 Å². The van der Waals surface area contributed by atoms with Crippen molar-refractivity contribution >= 4 is 10.8 Å². The lowest BCUT2D eigenvalue weighted by atomic mass is 9.77. The van der Waals surface area contributed by atoms with Crippen LogP contribution in [0.1, 0.15) is 88.7 Å². The molecule has 2 aromatic carbocycles. The lowest BCUT2D eigenvalue weighted by Crippen LogP contribution is -2.13. The summed E-state index contributed by atoms with van der Waals surface area (Å²) >= 11 is 0. The van der Waals surface area contributed by atoms with Crippen LogP contribution in [0.4, 0.5) is 8.78 Å². The molecule has 1 aliphatic rings. The maximum absolute atomic E-state index is 13.1. The molecule has 3 heteroatoms. The van der Waals surface area contributed by atoms with Crippen LogP contribution in [0, 0.1) is 5.92 Å². The van der Waals surface area contributed by atoms with Gasteiger partial charge in [-0.05, 0) is 66.9 Å². The van der Waals surface area contributed by atoms with Gasteiger partial charge in [0.05, 0.1) is 0 Å². The normalized spacial score (nSPS) is 20.0. The number of aryl methyl sites for hydroxylation is 1. The number of benzene rings is 2. The maximum Gasteiger partial charge on any atom is 0.387 e. The molecule has 1 fully saturated rings. The van der Waals surface area contributed by atoms with E-state index in [9.17, 15) is 8.78 Å². The van der Waals surface area contributed by atoms with Gasteiger partial charge in [-0.2, -0.15) is 8.78 Å². The molecule has 154 valence electrons.